The maximum absolute atomic E-state index is 12.0. The highest BCUT2D eigenvalue weighted by Crippen LogP contribution is 2.26. The zero-order valence-corrected chi connectivity index (χ0v) is 16.3. The Morgan fingerprint density at radius 3 is 2.72 bits per heavy atom. The van der Waals surface area contributed by atoms with E-state index in [-0.39, 0.29) is 22.6 Å². The molecule has 0 radical (unpaired) electrons. The van der Waals surface area contributed by atoms with E-state index >= 15 is 0 Å². The average molecular weight is 385 g/mol. The summed E-state index contributed by atoms with van der Waals surface area (Å²) in [6.07, 6.45) is 1.77. The second kappa shape index (κ2) is 8.20. The van der Waals surface area contributed by atoms with Crippen LogP contribution in [0.25, 0.3) is 11.0 Å². The molecule has 9 heteroatoms. The van der Waals surface area contributed by atoms with Crippen molar-refractivity contribution in [3.8, 4) is 0 Å². The number of hydrogen-bond donors (Lipinski definition) is 2. The highest BCUT2D eigenvalue weighted by atomic mass is 32.2. The number of carbonyl (C=O) groups excluding carboxylic acids is 1. The van der Waals surface area contributed by atoms with Gasteiger partial charge in [0, 0.05) is 12.6 Å². The van der Waals surface area contributed by atoms with Crippen molar-refractivity contribution in [1.82, 2.24) is 14.9 Å². The summed E-state index contributed by atoms with van der Waals surface area (Å²) in [5.74, 6) is 0.221. The number of aromatic nitrogens is 2. The molecular formula is C16H24N4O3S2. The summed E-state index contributed by atoms with van der Waals surface area (Å²) in [7, 11) is -3.77. The first kappa shape index (κ1) is 19.7. The molecule has 1 heterocycles. The lowest BCUT2D eigenvalue weighted by Gasteiger charge is -2.11. The number of benzene rings is 1. The molecule has 0 aliphatic heterocycles. The van der Waals surface area contributed by atoms with Crippen molar-refractivity contribution in [2.45, 2.75) is 56.3 Å². The number of fused-ring (bicyclic) bond motifs is 1. The van der Waals surface area contributed by atoms with Crippen molar-refractivity contribution in [1.29, 1.82) is 0 Å². The van der Waals surface area contributed by atoms with Crippen LogP contribution in [0.1, 0.15) is 33.6 Å². The number of rotatable bonds is 8. The Bertz CT molecular complexity index is 862. The number of nitrogens with zero attached hydrogens (tertiary/aromatic N) is 2. The first-order valence-electron chi connectivity index (χ1n) is 8.21. The molecule has 0 aliphatic rings. The average Bonchev–Trinajstić information content (AvgIpc) is 2.89. The number of thioether (sulfide) groups is 1. The summed E-state index contributed by atoms with van der Waals surface area (Å²) < 4.78 is 25.1. The van der Waals surface area contributed by atoms with Gasteiger partial charge in [0.25, 0.3) is 0 Å². The van der Waals surface area contributed by atoms with Gasteiger partial charge in [-0.2, -0.15) is 0 Å². The van der Waals surface area contributed by atoms with Crippen LogP contribution in [0.3, 0.4) is 0 Å². The lowest BCUT2D eigenvalue weighted by atomic mass is 10.3. The minimum absolute atomic E-state index is 0.0345. The number of primary sulfonamides is 1. The standard InChI is InChI=1S/C16H24N4O3S2/c1-4-8-20-14-7-6-12(25(17,22)23)9-13(14)19-16(20)24-10-15(21)18-11(3)5-2/h6-7,9,11H,4-5,8,10H2,1-3H3,(H,18,21)(H2,17,22,23). The summed E-state index contributed by atoms with van der Waals surface area (Å²) in [5, 5.41) is 8.81. The fourth-order valence-electron chi connectivity index (χ4n) is 2.36. The summed E-state index contributed by atoms with van der Waals surface area (Å²) in [6.45, 7) is 6.76. The lowest BCUT2D eigenvalue weighted by molar-refractivity contribution is -0.119. The fraction of sp³-hybridized carbons (Fsp3) is 0.500. The third-order valence-electron chi connectivity index (χ3n) is 3.81. The molecule has 0 aliphatic carbocycles. The summed E-state index contributed by atoms with van der Waals surface area (Å²) in [6, 6.07) is 4.80. The van der Waals surface area contributed by atoms with Gasteiger partial charge in [-0.25, -0.2) is 18.5 Å². The van der Waals surface area contributed by atoms with Crippen molar-refractivity contribution in [2.75, 3.05) is 5.75 Å². The second-order valence-electron chi connectivity index (χ2n) is 5.91. The van der Waals surface area contributed by atoms with Crippen molar-refractivity contribution in [3.63, 3.8) is 0 Å². The highest BCUT2D eigenvalue weighted by molar-refractivity contribution is 7.99. The molecule has 2 rings (SSSR count). The highest BCUT2D eigenvalue weighted by Gasteiger charge is 2.16. The van der Waals surface area contributed by atoms with E-state index in [1.165, 1.54) is 23.9 Å². The van der Waals surface area contributed by atoms with E-state index in [0.717, 1.165) is 24.9 Å². The van der Waals surface area contributed by atoms with E-state index in [2.05, 4.69) is 17.2 Å². The smallest absolute Gasteiger partial charge is 0.238 e. The first-order chi connectivity index (χ1) is 11.8. The van der Waals surface area contributed by atoms with Crippen LogP contribution in [0, 0.1) is 0 Å². The molecule has 3 N–H and O–H groups in total. The monoisotopic (exact) mass is 384 g/mol. The lowest BCUT2D eigenvalue weighted by Crippen LogP contribution is -2.33. The van der Waals surface area contributed by atoms with Gasteiger partial charge in [-0.05, 0) is 38.0 Å². The largest absolute Gasteiger partial charge is 0.353 e. The second-order valence-corrected chi connectivity index (χ2v) is 8.41. The van der Waals surface area contributed by atoms with Gasteiger partial charge < -0.3 is 9.88 Å². The zero-order valence-electron chi connectivity index (χ0n) is 14.7. The van der Waals surface area contributed by atoms with Crippen LogP contribution in [0.2, 0.25) is 0 Å². The van der Waals surface area contributed by atoms with Crippen LogP contribution in [0.5, 0.6) is 0 Å². The van der Waals surface area contributed by atoms with Crippen LogP contribution in [-0.2, 0) is 21.4 Å². The van der Waals surface area contributed by atoms with Crippen LogP contribution in [0.4, 0.5) is 0 Å². The SMILES string of the molecule is CCCn1c(SCC(=O)NC(C)CC)nc2cc(S(N)(=O)=O)ccc21. The van der Waals surface area contributed by atoms with Crippen LogP contribution in [0.15, 0.2) is 28.3 Å². The number of carbonyl (C=O) groups is 1. The Hall–Kier alpha value is -1.58. The Morgan fingerprint density at radius 1 is 1.40 bits per heavy atom. The Kier molecular flexibility index (Phi) is 6.47. The van der Waals surface area contributed by atoms with Crippen molar-refractivity contribution >= 4 is 38.7 Å². The Morgan fingerprint density at radius 2 is 2.12 bits per heavy atom. The quantitative estimate of drug-likeness (QED) is 0.678. The molecule has 1 aromatic heterocycles. The van der Waals surface area contributed by atoms with Gasteiger partial charge in [-0.1, -0.05) is 25.6 Å². The molecular weight excluding hydrogens is 360 g/mol. The van der Waals surface area contributed by atoms with Crippen LogP contribution >= 0.6 is 11.8 Å². The normalized spacial score (nSPS) is 13.1. The molecule has 138 valence electrons. The number of sulfonamides is 1. The van der Waals surface area contributed by atoms with Gasteiger partial charge in [0.05, 0.1) is 21.7 Å². The molecule has 0 spiro atoms. The number of nitrogens with one attached hydrogen (secondary N) is 1. The van der Waals surface area contributed by atoms with E-state index in [0.29, 0.717) is 10.7 Å². The number of nitrogens with two attached hydrogens (primary N) is 1. The number of imidazole rings is 1. The van der Waals surface area contributed by atoms with E-state index in [1.54, 1.807) is 6.07 Å². The number of hydrogen-bond acceptors (Lipinski definition) is 5. The first-order valence-corrected chi connectivity index (χ1v) is 10.7. The fourth-order valence-corrected chi connectivity index (χ4v) is 3.75. The summed E-state index contributed by atoms with van der Waals surface area (Å²) in [4.78, 5) is 16.5. The van der Waals surface area contributed by atoms with Crippen LogP contribution < -0.4 is 10.5 Å². The number of amides is 1. The molecule has 1 aromatic carbocycles. The molecule has 0 bridgehead atoms. The zero-order chi connectivity index (χ0) is 18.6. The molecule has 1 atom stereocenters. The van der Waals surface area contributed by atoms with Gasteiger partial charge in [0.2, 0.25) is 15.9 Å². The van der Waals surface area contributed by atoms with Crippen LogP contribution in [-0.4, -0.2) is 35.7 Å². The minimum atomic E-state index is -3.77. The van der Waals surface area contributed by atoms with E-state index in [9.17, 15) is 13.2 Å². The predicted molar refractivity (Wildman–Crippen MR) is 100 cm³/mol. The Labute approximate surface area is 152 Å². The van der Waals surface area contributed by atoms with E-state index in [4.69, 9.17) is 5.14 Å². The maximum Gasteiger partial charge on any atom is 0.238 e. The van der Waals surface area contributed by atoms with Crippen molar-refractivity contribution in [2.24, 2.45) is 5.14 Å². The number of aryl methyl sites for hydroxylation is 1. The third-order valence-corrected chi connectivity index (χ3v) is 5.70. The van der Waals surface area contributed by atoms with E-state index in [1.807, 2.05) is 18.4 Å². The van der Waals surface area contributed by atoms with Gasteiger partial charge in [0.15, 0.2) is 5.16 Å². The van der Waals surface area contributed by atoms with Gasteiger partial charge in [-0.3, -0.25) is 4.79 Å². The van der Waals surface area contributed by atoms with Crippen molar-refractivity contribution < 1.29 is 13.2 Å². The molecule has 2 aromatic rings. The summed E-state index contributed by atoms with van der Waals surface area (Å²) in [5.41, 5.74) is 1.39. The van der Waals surface area contributed by atoms with Gasteiger partial charge in [0.1, 0.15) is 0 Å². The molecule has 0 fully saturated rings. The van der Waals surface area contributed by atoms with Gasteiger partial charge in [-0.15, -0.1) is 0 Å². The molecule has 1 amide bonds. The summed E-state index contributed by atoms with van der Waals surface area (Å²) >= 11 is 1.35. The predicted octanol–water partition coefficient (Wildman–Crippen LogP) is 2.10. The molecule has 25 heavy (non-hydrogen) atoms. The Balaban J connectivity index is 2.29. The van der Waals surface area contributed by atoms with Gasteiger partial charge >= 0.3 is 0 Å². The molecule has 0 saturated carbocycles. The molecule has 1 unspecified atom stereocenters. The molecule has 0 saturated heterocycles. The third kappa shape index (κ3) is 4.96. The van der Waals surface area contributed by atoms with Crippen molar-refractivity contribution in [3.05, 3.63) is 18.2 Å². The minimum Gasteiger partial charge on any atom is -0.353 e. The topological polar surface area (TPSA) is 107 Å². The maximum atomic E-state index is 12.0. The molecule has 7 nitrogen and oxygen atoms in total. The van der Waals surface area contributed by atoms with E-state index < -0.39 is 10.0 Å².